The molecule has 7 nitrogen and oxygen atoms in total. The van der Waals surface area contributed by atoms with E-state index in [1.54, 1.807) is 0 Å². The highest BCUT2D eigenvalue weighted by atomic mass is 35.5. The predicted molar refractivity (Wildman–Crippen MR) is 113 cm³/mol. The number of hydrogen-bond acceptors (Lipinski definition) is 6. The van der Waals surface area contributed by atoms with Crippen molar-refractivity contribution in [2.45, 2.75) is 21.4 Å². The number of nitrogens with zero attached hydrogens (tertiary/aromatic N) is 4. The Morgan fingerprint density at radius 2 is 1.93 bits per heavy atom. The van der Waals surface area contributed by atoms with Crippen LogP contribution in [0.15, 0.2) is 60.0 Å². The monoisotopic (exact) mass is 437 g/mol. The molecule has 1 aromatic heterocycles. The van der Waals surface area contributed by atoms with Crippen LogP contribution in [0.1, 0.15) is 21.8 Å². The van der Waals surface area contributed by atoms with Crippen molar-refractivity contribution in [2.24, 2.45) is 0 Å². The fourth-order valence-electron chi connectivity index (χ4n) is 5.37. The molecular weight excluding hydrogens is 422 g/mol. The third kappa shape index (κ3) is 1.88. The number of carbonyl (C=O) groups excluding carboxylic acids is 2. The third-order valence-corrected chi connectivity index (χ3v) is 8.39. The van der Waals surface area contributed by atoms with Crippen LogP contribution < -0.4 is 5.32 Å². The number of rotatable bonds is 1. The molecule has 9 heteroatoms. The summed E-state index contributed by atoms with van der Waals surface area (Å²) >= 11 is 7.92. The van der Waals surface area contributed by atoms with Gasteiger partial charge in [0.25, 0.3) is 11.8 Å². The van der Waals surface area contributed by atoms with Gasteiger partial charge in [-0.2, -0.15) is 9.78 Å². The van der Waals surface area contributed by atoms with Crippen molar-refractivity contribution >= 4 is 40.9 Å². The topological polar surface area (TPSA) is 80.1 Å². The quantitative estimate of drug-likeness (QED) is 0.630. The first kappa shape index (κ1) is 18.1. The van der Waals surface area contributed by atoms with Crippen LogP contribution in [0.25, 0.3) is 0 Å². The van der Waals surface area contributed by atoms with E-state index in [9.17, 15) is 9.59 Å². The second-order valence-corrected chi connectivity index (χ2v) is 9.38. The van der Waals surface area contributed by atoms with Gasteiger partial charge < -0.3 is 5.32 Å². The summed E-state index contributed by atoms with van der Waals surface area (Å²) in [5.74, 6) is -0.803. The van der Waals surface area contributed by atoms with E-state index in [0.717, 1.165) is 16.8 Å². The zero-order valence-corrected chi connectivity index (χ0v) is 17.4. The average Bonchev–Trinajstić information content (AvgIpc) is 3.44. The molecule has 0 aliphatic carbocycles. The smallest absolute Gasteiger partial charge is 0.269 e. The van der Waals surface area contributed by atoms with Gasteiger partial charge in [-0.05, 0) is 24.7 Å². The van der Waals surface area contributed by atoms with E-state index in [4.69, 9.17) is 11.6 Å². The number of fused-ring (bicyclic) bond motifs is 4. The van der Waals surface area contributed by atoms with E-state index in [1.165, 1.54) is 22.8 Å². The van der Waals surface area contributed by atoms with Crippen molar-refractivity contribution in [1.82, 2.24) is 19.7 Å². The number of halogens is 1. The highest BCUT2D eigenvalue weighted by Crippen LogP contribution is 2.66. The first-order valence-electron chi connectivity index (χ1n) is 9.52. The maximum absolute atomic E-state index is 14.0. The minimum atomic E-state index is -1.21. The van der Waals surface area contributed by atoms with Gasteiger partial charge in [0.05, 0.1) is 0 Å². The fourth-order valence-corrected chi connectivity index (χ4v) is 7.27. The van der Waals surface area contributed by atoms with Gasteiger partial charge in [-0.25, -0.2) is 4.98 Å². The standard InChI is InChI=1S/C21H16ClN5O2S/c1-26-10-14(12-6-2-4-8-15(12)22)21(18(29)27-19(30-21)23-11-24-27)20(26)13-7-3-5-9-16(13)25-17(20)28/h2-9,11,14H,10H2,1H3,(H,25,28)/t14-,20+,21-/m0/s1. The molecule has 3 aromatic rings. The molecule has 0 radical (unpaired) electrons. The first-order valence-corrected chi connectivity index (χ1v) is 10.7. The molecule has 30 heavy (non-hydrogen) atoms. The molecule has 3 aliphatic heterocycles. The van der Waals surface area contributed by atoms with Crippen LogP contribution in [0, 0.1) is 0 Å². The van der Waals surface area contributed by atoms with E-state index < -0.39 is 10.3 Å². The van der Waals surface area contributed by atoms with Crippen LogP contribution >= 0.6 is 23.4 Å². The summed E-state index contributed by atoms with van der Waals surface area (Å²) in [5, 5.41) is 8.23. The summed E-state index contributed by atoms with van der Waals surface area (Å²) in [4.78, 5) is 34.0. The zero-order valence-electron chi connectivity index (χ0n) is 15.9. The van der Waals surface area contributed by atoms with Gasteiger partial charge in [0, 0.05) is 28.7 Å². The van der Waals surface area contributed by atoms with E-state index >= 15 is 0 Å². The maximum atomic E-state index is 14.0. The highest BCUT2D eigenvalue weighted by Gasteiger charge is 2.77. The lowest BCUT2D eigenvalue weighted by atomic mass is 9.72. The number of aromatic nitrogens is 3. The number of hydrogen-bond donors (Lipinski definition) is 1. The summed E-state index contributed by atoms with van der Waals surface area (Å²) in [6, 6.07) is 15.1. The first-order chi connectivity index (χ1) is 14.5. The number of likely N-dealkylation sites (N-methyl/N-ethyl adjacent to an activating group) is 1. The van der Waals surface area contributed by atoms with Crippen molar-refractivity contribution in [3.63, 3.8) is 0 Å². The van der Waals surface area contributed by atoms with Crippen molar-refractivity contribution in [3.05, 3.63) is 71.0 Å². The summed E-state index contributed by atoms with van der Waals surface area (Å²) in [7, 11) is 1.89. The van der Waals surface area contributed by atoms with Crippen molar-refractivity contribution in [1.29, 1.82) is 0 Å². The molecule has 1 fully saturated rings. The molecule has 3 aliphatic rings. The Kier molecular flexibility index (Phi) is 3.58. The van der Waals surface area contributed by atoms with Crippen molar-refractivity contribution < 1.29 is 9.59 Å². The van der Waals surface area contributed by atoms with E-state index in [0.29, 0.717) is 16.7 Å². The normalized spacial score (nSPS) is 29.6. The number of anilines is 1. The molecule has 2 spiro atoms. The predicted octanol–water partition coefficient (Wildman–Crippen LogP) is 2.99. The van der Waals surface area contributed by atoms with Gasteiger partial charge in [0.2, 0.25) is 0 Å². The molecule has 0 unspecified atom stereocenters. The zero-order chi connectivity index (χ0) is 20.7. The number of nitrogens with one attached hydrogen (secondary N) is 1. The van der Waals surface area contributed by atoms with Crippen molar-refractivity contribution in [2.75, 3.05) is 18.9 Å². The molecule has 1 N–H and O–H groups in total. The largest absolute Gasteiger partial charge is 0.324 e. The third-order valence-electron chi connectivity index (χ3n) is 6.51. The Hall–Kier alpha value is -2.68. The van der Waals surface area contributed by atoms with Gasteiger partial charge in [0.1, 0.15) is 11.1 Å². The summed E-state index contributed by atoms with van der Waals surface area (Å²) in [6.45, 7) is 0.481. The molecular formula is C21H16ClN5O2S. The van der Waals surface area contributed by atoms with Gasteiger partial charge in [0.15, 0.2) is 10.7 Å². The van der Waals surface area contributed by atoms with Crippen LogP contribution in [-0.4, -0.2) is 49.8 Å². The number of amides is 1. The number of thioether (sulfide) groups is 1. The minimum absolute atomic E-state index is 0.215. The van der Waals surface area contributed by atoms with Crippen LogP contribution in [0.2, 0.25) is 5.02 Å². The molecule has 1 saturated heterocycles. The second kappa shape index (κ2) is 5.94. The Morgan fingerprint density at radius 1 is 1.17 bits per heavy atom. The number of carbonyl (C=O) groups is 2. The van der Waals surface area contributed by atoms with Gasteiger partial charge in [-0.1, -0.05) is 59.8 Å². The Labute approximate surface area is 181 Å². The highest BCUT2D eigenvalue weighted by molar-refractivity contribution is 8.01. The lowest BCUT2D eigenvalue weighted by Gasteiger charge is -2.41. The molecule has 0 saturated carbocycles. The molecule has 150 valence electrons. The molecule has 6 rings (SSSR count). The number of benzene rings is 2. The molecule has 4 heterocycles. The van der Waals surface area contributed by atoms with Crippen LogP contribution in [-0.2, 0) is 10.3 Å². The van der Waals surface area contributed by atoms with Gasteiger partial charge in [-0.3, -0.25) is 14.5 Å². The Balaban J connectivity index is 1.69. The van der Waals surface area contributed by atoms with Gasteiger partial charge in [-0.15, -0.1) is 0 Å². The van der Waals surface area contributed by atoms with Crippen LogP contribution in [0.4, 0.5) is 5.69 Å². The number of para-hydroxylation sites is 1. The lowest BCUT2D eigenvalue weighted by molar-refractivity contribution is -0.126. The summed E-state index contributed by atoms with van der Waals surface area (Å²) in [5.41, 5.74) is 1.14. The summed E-state index contributed by atoms with van der Waals surface area (Å²) < 4.78 is 0.129. The fraction of sp³-hybridized carbons (Fsp3) is 0.238. The maximum Gasteiger partial charge on any atom is 0.269 e. The van der Waals surface area contributed by atoms with Crippen LogP contribution in [0.5, 0.6) is 0 Å². The van der Waals surface area contributed by atoms with E-state index in [-0.39, 0.29) is 17.7 Å². The van der Waals surface area contributed by atoms with Crippen LogP contribution in [0.3, 0.4) is 0 Å². The SMILES string of the molecule is CN1C[C@@H](c2ccccc2Cl)[C@@]2(Sc3ncnn3C2=O)[C@@]12C(=O)Nc1ccccc12. The number of likely N-dealkylation sites (tertiary alicyclic amines) is 1. The Bertz CT molecular complexity index is 1250. The average molecular weight is 438 g/mol. The molecule has 1 amide bonds. The van der Waals surface area contributed by atoms with E-state index in [1.807, 2.05) is 60.5 Å². The minimum Gasteiger partial charge on any atom is -0.324 e. The van der Waals surface area contributed by atoms with Gasteiger partial charge >= 0.3 is 0 Å². The van der Waals surface area contributed by atoms with Crippen molar-refractivity contribution in [3.8, 4) is 0 Å². The summed E-state index contributed by atoms with van der Waals surface area (Å²) in [6.07, 6.45) is 1.37. The molecule has 3 atom stereocenters. The Morgan fingerprint density at radius 3 is 2.73 bits per heavy atom. The molecule has 0 bridgehead atoms. The second-order valence-electron chi connectivity index (χ2n) is 7.76. The molecule has 2 aromatic carbocycles. The van der Waals surface area contributed by atoms with E-state index in [2.05, 4.69) is 15.4 Å². The lowest BCUT2D eigenvalue weighted by Crippen LogP contribution is -2.61.